The minimum atomic E-state index is -4.35. The van der Waals surface area contributed by atoms with Crippen molar-refractivity contribution in [3.05, 3.63) is 60.5 Å². The Morgan fingerprint density at radius 2 is 1.29 bits per heavy atom. The molecule has 0 aliphatic rings. The van der Waals surface area contributed by atoms with Crippen molar-refractivity contribution >= 4 is 9.84 Å². The van der Waals surface area contributed by atoms with E-state index in [0.29, 0.717) is 0 Å². The first-order valence-electron chi connectivity index (χ1n) is 5.98. The molecule has 21 heavy (non-hydrogen) atoms. The van der Waals surface area contributed by atoms with Gasteiger partial charge in [-0.05, 0) is 28.8 Å². The zero-order chi connectivity index (χ0) is 15.7. The molecule has 0 N–H and O–H groups in total. The van der Waals surface area contributed by atoms with Gasteiger partial charge in [0.25, 0.3) is 0 Å². The zero-order valence-corrected chi connectivity index (χ0v) is 11.9. The van der Waals surface area contributed by atoms with Crippen LogP contribution < -0.4 is 0 Å². The van der Waals surface area contributed by atoms with E-state index in [1.54, 1.807) is 24.3 Å². The monoisotopic (exact) mass is 313 g/mol. The van der Waals surface area contributed by atoms with Gasteiger partial charge in [0.05, 0.1) is 11.3 Å². The topological polar surface area (TPSA) is 34.1 Å². The van der Waals surface area contributed by atoms with Crippen LogP contribution in [0.2, 0.25) is 0 Å². The van der Waals surface area contributed by atoms with Crippen LogP contribution in [0.15, 0.2) is 53.4 Å². The first-order valence-corrected chi connectivity index (χ1v) is 7.87. The van der Waals surface area contributed by atoms with Crippen molar-refractivity contribution in [3.63, 3.8) is 0 Å². The van der Waals surface area contributed by atoms with Gasteiger partial charge >= 0.3 is 6.18 Å². The predicted molar refractivity (Wildman–Crippen MR) is 74.4 cm³/mol. The minimum absolute atomic E-state index is 0.0685. The molecule has 2 aromatic rings. The van der Waals surface area contributed by atoms with Crippen molar-refractivity contribution in [2.45, 2.75) is 11.1 Å². The first-order chi connectivity index (χ1) is 9.65. The van der Waals surface area contributed by atoms with Crippen LogP contribution >= 0.6 is 0 Å². The normalized spacial score (nSPS) is 12.4. The molecule has 0 spiro atoms. The van der Waals surface area contributed by atoms with E-state index in [1.165, 1.54) is 24.3 Å². The average Bonchev–Trinajstić information content (AvgIpc) is 2.37. The van der Waals surface area contributed by atoms with Crippen LogP contribution in [0.25, 0.3) is 11.1 Å². The van der Waals surface area contributed by atoms with Crippen molar-refractivity contribution in [3.8, 4) is 11.1 Å². The highest BCUT2D eigenvalue weighted by atomic mass is 32.2. The van der Waals surface area contributed by atoms with Gasteiger partial charge in [0.1, 0.15) is 0 Å². The van der Waals surface area contributed by atoms with Gasteiger partial charge < -0.3 is 0 Å². The second-order valence-corrected chi connectivity index (χ2v) is 6.62. The molecule has 2 nitrogen and oxygen atoms in total. The summed E-state index contributed by atoms with van der Waals surface area (Å²) in [6.07, 6.45) is -3.01. The SMILES string of the molecule is CS(=O)(=O)c1ccc(-c2ccc([CH]C(F)(F)F)cc2)cc1. The van der Waals surface area contributed by atoms with E-state index in [0.717, 1.165) is 17.4 Å². The Morgan fingerprint density at radius 3 is 1.67 bits per heavy atom. The third-order valence-electron chi connectivity index (χ3n) is 2.86. The van der Waals surface area contributed by atoms with Gasteiger partial charge in [0.15, 0.2) is 9.84 Å². The molecule has 0 aliphatic carbocycles. The standard InChI is InChI=1S/C15H12F3O2S/c1-21(19,20)14-8-6-13(7-9-14)12-4-2-11(3-5-12)10-15(16,17)18/h2-10H,1H3. The Balaban J connectivity index is 2.23. The van der Waals surface area contributed by atoms with Crippen molar-refractivity contribution in [1.82, 2.24) is 0 Å². The molecule has 0 aromatic heterocycles. The largest absolute Gasteiger partial charge is 0.396 e. The van der Waals surface area contributed by atoms with Gasteiger partial charge in [0.2, 0.25) is 0 Å². The molecular formula is C15H12F3O2S. The van der Waals surface area contributed by atoms with E-state index in [4.69, 9.17) is 0 Å². The lowest BCUT2D eigenvalue weighted by molar-refractivity contribution is -0.0927. The molecule has 0 atom stereocenters. The van der Waals surface area contributed by atoms with Crippen LogP contribution in [0.5, 0.6) is 0 Å². The Morgan fingerprint density at radius 1 is 0.857 bits per heavy atom. The quantitative estimate of drug-likeness (QED) is 0.862. The molecule has 0 bridgehead atoms. The fourth-order valence-electron chi connectivity index (χ4n) is 1.86. The smallest absolute Gasteiger partial charge is 0.224 e. The second-order valence-electron chi connectivity index (χ2n) is 4.60. The maximum absolute atomic E-state index is 12.2. The summed E-state index contributed by atoms with van der Waals surface area (Å²) in [6.45, 7) is 0. The summed E-state index contributed by atoms with van der Waals surface area (Å²) in [5.74, 6) is 0. The lowest BCUT2D eigenvalue weighted by Gasteiger charge is -2.07. The number of hydrogen-bond donors (Lipinski definition) is 0. The molecule has 0 amide bonds. The summed E-state index contributed by atoms with van der Waals surface area (Å²) in [5.41, 5.74) is 1.52. The fraction of sp³-hybridized carbons (Fsp3) is 0.133. The van der Waals surface area contributed by atoms with Crippen LogP contribution in [-0.2, 0) is 9.84 Å². The summed E-state index contributed by atoms with van der Waals surface area (Å²) in [7, 11) is -3.26. The number of halogens is 3. The molecule has 111 valence electrons. The Hall–Kier alpha value is -1.82. The molecule has 6 heteroatoms. The number of benzene rings is 2. The Labute approximate surface area is 121 Å². The maximum Gasteiger partial charge on any atom is 0.396 e. The fourth-order valence-corrected chi connectivity index (χ4v) is 2.49. The highest BCUT2D eigenvalue weighted by Crippen LogP contribution is 2.26. The van der Waals surface area contributed by atoms with Crippen LogP contribution in [0.1, 0.15) is 5.56 Å². The van der Waals surface area contributed by atoms with Crippen molar-refractivity contribution in [2.75, 3.05) is 6.26 Å². The van der Waals surface area contributed by atoms with E-state index < -0.39 is 16.0 Å². The zero-order valence-electron chi connectivity index (χ0n) is 11.1. The van der Waals surface area contributed by atoms with E-state index in [1.807, 2.05) is 0 Å². The van der Waals surface area contributed by atoms with Gasteiger partial charge in [-0.2, -0.15) is 13.2 Å². The molecule has 0 fully saturated rings. The molecule has 2 aromatic carbocycles. The van der Waals surface area contributed by atoms with E-state index in [2.05, 4.69) is 0 Å². The van der Waals surface area contributed by atoms with Crippen LogP contribution in [0, 0.1) is 6.42 Å². The molecule has 2 rings (SSSR count). The lowest BCUT2D eigenvalue weighted by atomic mass is 10.0. The maximum atomic E-state index is 12.2. The highest BCUT2D eigenvalue weighted by Gasteiger charge is 2.28. The van der Waals surface area contributed by atoms with Gasteiger partial charge in [-0.1, -0.05) is 36.4 Å². The first kappa shape index (κ1) is 15.6. The van der Waals surface area contributed by atoms with Crippen molar-refractivity contribution in [1.29, 1.82) is 0 Å². The average molecular weight is 313 g/mol. The van der Waals surface area contributed by atoms with Gasteiger partial charge in [-0.3, -0.25) is 0 Å². The van der Waals surface area contributed by atoms with Crippen LogP contribution in [0.3, 0.4) is 0 Å². The summed E-state index contributed by atoms with van der Waals surface area (Å²) in [5, 5.41) is 0. The van der Waals surface area contributed by atoms with E-state index >= 15 is 0 Å². The van der Waals surface area contributed by atoms with E-state index in [-0.39, 0.29) is 16.9 Å². The number of hydrogen-bond acceptors (Lipinski definition) is 2. The molecule has 0 aliphatic heterocycles. The molecule has 0 heterocycles. The predicted octanol–water partition coefficient (Wildman–Crippen LogP) is 3.87. The number of sulfone groups is 1. The third-order valence-corrected chi connectivity index (χ3v) is 3.99. The van der Waals surface area contributed by atoms with Crippen molar-refractivity contribution < 1.29 is 21.6 Å². The molecule has 0 unspecified atom stereocenters. The molecule has 0 saturated heterocycles. The van der Waals surface area contributed by atoms with Gasteiger partial charge in [0, 0.05) is 6.26 Å². The number of alkyl halides is 3. The van der Waals surface area contributed by atoms with Crippen molar-refractivity contribution in [2.24, 2.45) is 0 Å². The second kappa shape index (κ2) is 5.52. The van der Waals surface area contributed by atoms with Crippen LogP contribution in [-0.4, -0.2) is 20.8 Å². The summed E-state index contributed by atoms with van der Waals surface area (Å²) in [4.78, 5) is 0.202. The van der Waals surface area contributed by atoms with E-state index in [9.17, 15) is 21.6 Å². The summed E-state index contributed by atoms with van der Waals surface area (Å²) >= 11 is 0. The Kier molecular flexibility index (Phi) is 4.09. The minimum Gasteiger partial charge on any atom is -0.224 e. The molecule has 1 radical (unpaired) electrons. The molecular weight excluding hydrogens is 301 g/mol. The summed E-state index contributed by atoms with van der Waals surface area (Å²) < 4.78 is 59.3. The Bertz CT molecular complexity index is 715. The lowest BCUT2D eigenvalue weighted by Crippen LogP contribution is -2.08. The van der Waals surface area contributed by atoms with Gasteiger partial charge in [-0.15, -0.1) is 0 Å². The molecule has 0 saturated carbocycles. The third kappa shape index (κ3) is 4.32. The summed E-state index contributed by atoms with van der Waals surface area (Å²) in [6, 6.07) is 12.1. The highest BCUT2D eigenvalue weighted by molar-refractivity contribution is 7.90. The van der Waals surface area contributed by atoms with Gasteiger partial charge in [-0.25, -0.2) is 8.42 Å². The van der Waals surface area contributed by atoms with Crippen LogP contribution in [0.4, 0.5) is 13.2 Å². The number of rotatable bonds is 3.